The minimum absolute atomic E-state index is 0. The Morgan fingerprint density at radius 3 is 2.00 bits per heavy atom. The van der Waals surface area contributed by atoms with Gasteiger partial charge in [0, 0.05) is 5.69 Å². The molecule has 3 N–H and O–H groups in total. The molecule has 11 heavy (non-hydrogen) atoms. The normalized spacial score (nSPS) is 8.91. The summed E-state index contributed by atoms with van der Waals surface area (Å²) < 4.78 is 0. The zero-order chi connectivity index (χ0) is 7.72. The molecular weight excluding hydrogens is 196 g/mol. The molecule has 5 heteroatoms. The molecule has 0 saturated carbocycles. The van der Waals surface area contributed by atoms with Crippen molar-refractivity contribution in [3.8, 4) is 5.75 Å². The van der Waals surface area contributed by atoms with Crippen LogP contribution in [0.5, 0.6) is 5.75 Å². The van der Waals surface area contributed by atoms with Crippen LogP contribution in [0.3, 0.4) is 0 Å². The zero-order valence-electron chi connectivity index (χ0n) is 6.94. The third-order valence-electron chi connectivity index (χ3n) is 1.04. The van der Waals surface area contributed by atoms with Crippen LogP contribution in [0.2, 0.25) is 10.0 Å². The molecule has 0 aromatic heterocycles. The Balaban J connectivity index is 0. The average molecular weight is 202 g/mol. The van der Waals surface area contributed by atoms with Gasteiger partial charge in [0.05, 0.1) is 10.0 Å². The van der Waals surface area contributed by atoms with Crippen molar-refractivity contribution in [1.82, 2.24) is 0 Å². The Labute approximate surface area is 98.1 Å². The summed E-state index contributed by atoms with van der Waals surface area (Å²) in [6.45, 7) is 0. The van der Waals surface area contributed by atoms with E-state index in [1.165, 1.54) is 12.1 Å². The molecular formula is C6H6Cl2NNaO. The van der Waals surface area contributed by atoms with E-state index in [0.717, 1.165) is 0 Å². The Hall–Kier alpha value is 0.400. The van der Waals surface area contributed by atoms with Crippen LogP contribution in [-0.2, 0) is 0 Å². The SMILES string of the molecule is Nc1cc(Cl)c(O)c(Cl)c1.[H-].[Na+]. The van der Waals surface area contributed by atoms with E-state index in [1.807, 2.05) is 0 Å². The Bertz CT molecular complexity index is 249. The molecule has 0 bridgehead atoms. The maximum absolute atomic E-state index is 9.01. The summed E-state index contributed by atoms with van der Waals surface area (Å²) in [6, 6.07) is 2.87. The van der Waals surface area contributed by atoms with Crippen LogP contribution in [0, 0.1) is 0 Å². The van der Waals surface area contributed by atoms with E-state index in [0.29, 0.717) is 5.69 Å². The summed E-state index contributed by atoms with van der Waals surface area (Å²) in [5.41, 5.74) is 5.79. The standard InChI is InChI=1S/C6H5Cl2NO.Na.H/c7-4-1-3(9)2-5(8)6(4)10;;/h1-2,10H,9H2;;/q;+1;-1. The summed E-state index contributed by atoms with van der Waals surface area (Å²) in [5, 5.41) is 9.35. The van der Waals surface area contributed by atoms with E-state index >= 15 is 0 Å². The number of aromatic hydroxyl groups is 1. The second kappa shape index (κ2) is 4.43. The Kier molecular flexibility index (Phi) is 4.59. The third-order valence-corrected chi connectivity index (χ3v) is 1.62. The first-order valence-corrected chi connectivity index (χ1v) is 3.30. The van der Waals surface area contributed by atoms with E-state index in [4.69, 9.17) is 34.0 Å². The van der Waals surface area contributed by atoms with Crippen molar-refractivity contribution < 1.29 is 36.1 Å². The molecule has 0 heterocycles. The van der Waals surface area contributed by atoms with Crippen LogP contribution in [0.1, 0.15) is 1.43 Å². The van der Waals surface area contributed by atoms with Crippen LogP contribution < -0.4 is 35.3 Å². The van der Waals surface area contributed by atoms with Gasteiger partial charge in [0.15, 0.2) is 5.75 Å². The van der Waals surface area contributed by atoms with Gasteiger partial charge in [0.1, 0.15) is 0 Å². The zero-order valence-corrected chi connectivity index (χ0v) is 9.45. The topological polar surface area (TPSA) is 46.2 Å². The molecule has 0 atom stereocenters. The number of phenolic OH excluding ortho intramolecular Hbond substituents is 1. The fourth-order valence-corrected chi connectivity index (χ4v) is 1.09. The first-order valence-electron chi connectivity index (χ1n) is 2.54. The molecule has 0 radical (unpaired) electrons. The molecule has 0 fully saturated rings. The molecule has 0 amide bonds. The first-order chi connectivity index (χ1) is 4.61. The smallest absolute Gasteiger partial charge is 1.00 e. The van der Waals surface area contributed by atoms with Crippen LogP contribution in [0.25, 0.3) is 0 Å². The van der Waals surface area contributed by atoms with Gasteiger partial charge in [-0.3, -0.25) is 0 Å². The minimum atomic E-state index is -0.127. The van der Waals surface area contributed by atoms with Gasteiger partial charge in [-0.1, -0.05) is 23.2 Å². The monoisotopic (exact) mass is 201 g/mol. The molecule has 1 rings (SSSR count). The number of rotatable bonds is 0. The number of hydrogen-bond acceptors (Lipinski definition) is 2. The van der Waals surface area contributed by atoms with Crippen molar-refractivity contribution in [2.45, 2.75) is 0 Å². The second-order valence-corrected chi connectivity index (χ2v) is 2.65. The predicted octanol–water partition coefficient (Wildman–Crippen LogP) is -0.602. The van der Waals surface area contributed by atoms with Gasteiger partial charge in [0.25, 0.3) is 0 Å². The number of nitrogens with two attached hydrogens (primary N) is 1. The van der Waals surface area contributed by atoms with E-state index in [1.54, 1.807) is 0 Å². The summed E-state index contributed by atoms with van der Waals surface area (Å²) in [4.78, 5) is 0. The van der Waals surface area contributed by atoms with Gasteiger partial charge in [-0.05, 0) is 12.1 Å². The van der Waals surface area contributed by atoms with E-state index in [2.05, 4.69) is 0 Å². The van der Waals surface area contributed by atoms with E-state index < -0.39 is 0 Å². The second-order valence-electron chi connectivity index (χ2n) is 1.83. The first kappa shape index (κ1) is 11.4. The molecule has 2 nitrogen and oxygen atoms in total. The van der Waals surface area contributed by atoms with Gasteiger partial charge in [-0.15, -0.1) is 0 Å². The van der Waals surface area contributed by atoms with Crippen molar-refractivity contribution in [2.24, 2.45) is 0 Å². The average Bonchev–Trinajstić information content (AvgIpc) is 1.82. The van der Waals surface area contributed by atoms with Crippen LogP contribution in [-0.4, -0.2) is 5.11 Å². The number of benzene rings is 1. The van der Waals surface area contributed by atoms with Crippen LogP contribution >= 0.6 is 23.2 Å². The van der Waals surface area contributed by atoms with Gasteiger partial charge >= 0.3 is 29.6 Å². The summed E-state index contributed by atoms with van der Waals surface area (Å²) >= 11 is 11.0. The number of phenols is 1. The molecule has 0 unspecified atom stereocenters. The van der Waals surface area contributed by atoms with Gasteiger partial charge in [0.2, 0.25) is 0 Å². The van der Waals surface area contributed by atoms with Crippen molar-refractivity contribution in [3.63, 3.8) is 0 Å². The maximum Gasteiger partial charge on any atom is 1.00 e. The minimum Gasteiger partial charge on any atom is -1.00 e. The molecule has 1 aromatic rings. The quantitative estimate of drug-likeness (QED) is 0.335. The van der Waals surface area contributed by atoms with E-state index in [-0.39, 0.29) is 46.8 Å². The predicted molar refractivity (Wildman–Crippen MR) is 43.7 cm³/mol. The van der Waals surface area contributed by atoms with Crippen molar-refractivity contribution >= 4 is 28.9 Å². The van der Waals surface area contributed by atoms with Gasteiger partial charge < -0.3 is 12.3 Å². The summed E-state index contributed by atoms with van der Waals surface area (Å²) in [7, 11) is 0. The molecule has 0 aliphatic rings. The summed E-state index contributed by atoms with van der Waals surface area (Å²) in [5.74, 6) is -0.127. The van der Waals surface area contributed by atoms with E-state index in [9.17, 15) is 0 Å². The van der Waals surface area contributed by atoms with Crippen molar-refractivity contribution in [1.29, 1.82) is 0 Å². The van der Waals surface area contributed by atoms with Crippen LogP contribution in [0.4, 0.5) is 5.69 Å². The van der Waals surface area contributed by atoms with Gasteiger partial charge in [-0.25, -0.2) is 0 Å². The third kappa shape index (κ3) is 2.73. The fourth-order valence-electron chi connectivity index (χ4n) is 0.585. The largest absolute Gasteiger partial charge is 1.00 e. The molecule has 1 aromatic carbocycles. The fraction of sp³-hybridized carbons (Fsp3) is 0. The molecule has 0 spiro atoms. The number of nitrogen functional groups attached to an aromatic ring is 1. The molecule has 0 aliphatic carbocycles. The molecule has 0 saturated heterocycles. The van der Waals surface area contributed by atoms with Crippen LogP contribution in [0.15, 0.2) is 12.1 Å². The Morgan fingerprint density at radius 2 is 1.64 bits per heavy atom. The maximum atomic E-state index is 9.01. The number of anilines is 1. The molecule has 0 aliphatic heterocycles. The number of halogens is 2. The Morgan fingerprint density at radius 1 is 1.27 bits per heavy atom. The number of hydrogen-bond donors (Lipinski definition) is 2. The van der Waals surface area contributed by atoms with Crippen molar-refractivity contribution in [3.05, 3.63) is 22.2 Å². The van der Waals surface area contributed by atoms with Gasteiger partial charge in [-0.2, -0.15) is 0 Å². The molecule has 56 valence electrons. The summed E-state index contributed by atoms with van der Waals surface area (Å²) in [6.07, 6.45) is 0. The van der Waals surface area contributed by atoms with Crippen molar-refractivity contribution in [2.75, 3.05) is 5.73 Å².